The first-order chi connectivity index (χ1) is 28.7. The Hall–Kier alpha value is -7.03. The molecule has 0 amide bonds. The number of ketones is 1. The van der Waals surface area contributed by atoms with Crippen LogP contribution in [0.3, 0.4) is 0 Å². The molecule has 8 heterocycles. The van der Waals surface area contributed by atoms with Gasteiger partial charge in [0.05, 0.1) is 23.9 Å². The third-order valence-corrected chi connectivity index (χ3v) is 11.2. The number of Topliss-reactive ketones (excluding diaryl/α,β-unsaturated/α-hetero) is 1. The minimum absolute atomic E-state index is 0.272. The molecule has 0 unspecified atom stereocenters. The summed E-state index contributed by atoms with van der Waals surface area (Å²) in [6.45, 7) is 8.09. The average Bonchev–Trinajstić information content (AvgIpc) is 4.09. The van der Waals surface area contributed by atoms with Crippen LogP contribution in [0.1, 0.15) is 46.0 Å². The van der Waals surface area contributed by atoms with Gasteiger partial charge in [-0.3, -0.25) is 0 Å². The van der Waals surface area contributed by atoms with Gasteiger partial charge in [0, 0.05) is 67.2 Å². The van der Waals surface area contributed by atoms with Crippen LogP contribution in [0.15, 0.2) is 106 Å². The predicted molar refractivity (Wildman–Crippen MR) is 228 cm³/mol. The van der Waals surface area contributed by atoms with Crippen LogP contribution in [0, 0.1) is 11.8 Å². The number of piperidine rings is 2. The molecule has 10 rings (SSSR count). The fourth-order valence-electron chi connectivity index (χ4n) is 7.93. The number of aromatic nitrogens is 8. The summed E-state index contributed by atoms with van der Waals surface area (Å²) < 4.78 is 13.8. The molecule has 0 atom stereocenters. The maximum Gasteiger partial charge on any atom is 0.223 e. The van der Waals surface area contributed by atoms with Crippen molar-refractivity contribution >= 4 is 40.3 Å². The monoisotopic (exact) mass is 790 g/mol. The molecule has 300 valence electrons. The zero-order valence-electron chi connectivity index (χ0n) is 33.1. The molecule has 2 saturated heterocycles. The molecule has 2 fully saturated rings. The van der Waals surface area contributed by atoms with Gasteiger partial charge in [-0.05, 0) is 93.0 Å². The highest BCUT2D eigenvalue weighted by atomic mass is 16.3. The third kappa shape index (κ3) is 8.08. The highest BCUT2D eigenvalue weighted by Gasteiger charge is 2.22. The smallest absolute Gasteiger partial charge is 0.223 e. The summed E-state index contributed by atoms with van der Waals surface area (Å²) in [5.74, 6) is 4.30. The summed E-state index contributed by atoms with van der Waals surface area (Å²) in [4.78, 5) is 34.4. The molecular weight excluding hydrogens is 745 g/mol. The molecule has 15 nitrogen and oxygen atoms in total. The molecule has 0 aliphatic carbocycles. The minimum atomic E-state index is 0.272. The van der Waals surface area contributed by atoms with Gasteiger partial charge in [0.25, 0.3) is 0 Å². The van der Waals surface area contributed by atoms with Crippen LogP contribution in [-0.4, -0.2) is 71.1 Å². The first kappa shape index (κ1) is 37.5. The normalized spacial score (nSPS) is 15.2. The summed E-state index contributed by atoms with van der Waals surface area (Å²) in [6, 6.07) is 27.8. The lowest BCUT2D eigenvalue weighted by molar-refractivity contribution is -0.118. The standard InChI is InChI=1S/C23H24N6O2.C21H22N6O/c1-15(30)12-16-7-9-28(10-8-16)18-5-2-4-17(13-18)19-14-21-26-22(20-6-3-11-31-20)27-29(21)23(24)25-19;1-14-7-9-26(10-8-14)16-5-2-4-15(12-16)17-13-19-24-20(18-6-3-11-28-18)25-27(19)21(22)23-17/h2-6,11,13-14,16H,7-10,12H2,1H3,(H2,24,25);2-6,11-14H,7-10H2,1H3,(H2,22,23). The Morgan fingerprint density at radius 1 is 0.644 bits per heavy atom. The van der Waals surface area contributed by atoms with Gasteiger partial charge in [-0.2, -0.15) is 9.03 Å². The number of nitrogen functional groups attached to an aromatic ring is 2. The second-order valence-corrected chi connectivity index (χ2v) is 15.5. The van der Waals surface area contributed by atoms with Gasteiger partial charge in [0.2, 0.25) is 23.5 Å². The third-order valence-electron chi connectivity index (χ3n) is 11.2. The number of benzene rings is 2. The number of furan rings is 2. The highest BCUT2D eigenvalue weighted by molar-refractivity contribution is 5.76. The second kappa shape index (κ2) is 16.1. The van der Waals surface area contributed by atoms with Crippen molar-refractivity contribution in [1.82, 2.24) is 39.2 Å². The second-order valence-electron chi connectivity index (χ2n) is 15.5. The van der Waals surface area contributed by atoms with Crippen molar-refractivity contribution < 1.29 is 13.6 Å². The van der Waals surface area contributed by atoms with Crippen LogP contribution in [0.5, 0.6) is 0 Å². The number of carbonyl (C=O) groups is 1. The van der Waals surface area contributed by atoms with Crippen LogP contribution >= 0.6 is 0 Å². The maximum atomic E-state index is 11.4. The molecule has 0 spiro atoms. The van der Waals surface area contributed by atoms with Gasteiger partial charge in [-0.15, -0.1) is 10.2 Å². The largest absolute Gasteiger partial charge is 0.461 e. The van der Waals surface area contributed by atoms with Gasteiger partial charge in [-0.25, -0.2) is 19.9 Å². The van der Waals surface area contributed by atoms with Crippen molar-refractivity contribution in [2.24, 2.45) is 11.8 Å². The van der Waals surface area contributed by atoms with Crippen molar-refractivity contribution in [3.63, 3.8) is 0 Å². The molecule has 2 aliphatic heterocycles. The number of carbonyl (C=O) groups excluding carboxylic acids is 1. The molecule has 15 heteroatoms. The van der Waals surface area contributed by atoms with E-state index in [1.54, 1.807) is 31.6 Å². The highest BCUT2D eigenvalue weighted by Crippen LogP contribution is 2.31. The van der Waals surface area contributed by atoms with Crippen LogP contribution in [-0.2, 0) is 4.79 Å². The first-order valence-corrected chi connectivity index (χ1v) is 20.1. The topological polar surface area (TPSA) is 188 Å². The Kier molecular flexibility index (Phi) is 10.2. The zero-order chi connectivity index (χ0) is 40.5. The van der Waals surface area contributed by atoms with Crippen molar-refractivity contribution in [3.05, 3.63) is 97.5 Å². The predicted octanol–water partition coefficient (Wildman–Crippen LogP) is 7.70. The van der Waals surface area contributed by atoms with Crippen LogP contribution in [0.2, 0.25) is 0 Å². The number of hydrogen-bond donors (Lipinski definition) is 2. The van der Waals surface area contributed by atoms with Crippen molar-refractivity contribution in [3.8, 4) is 45.7 Å². The van der Waals surface area contributed by atoms with Gasteiger partial charge in [-0.1, -0.05) is 31.2 Å². The van der Waals surface area contributed by atoms with E-state index >= 15 is 0 Å². The molecule has 2 aromatic carbocycles. The Balaban J connectivity index is 0.000000153. The van der Waals surface area contributed by atoms with Crippen molar-refractivity contribution in [2.75, 3.05) is 47.4 Å². The zero-order valence-corrected chi connectivity index (χ0v) is 33.1. The minimum Gasteiger partial charge on any atom is -0.461 e. The Morgan fingerprint density at radius 2 is 1.12 bits per heavy atom. The molecule has 0 radical (unpaired) electrons. The number of anilines is 4. The van der Waals surface area contributed by atoms with E-state index < -0.39 is 0 Å². The molecule has 2 aliphatic rings. The van der Waals surface area contributed by atoms with Gasteiger partial charge >= 0.3 is 0 Å². The molecular formula is C44H46N12O3. The van der Waals surface area contributed by atoms with Crippen molar-refractivity contribution in [2.45, 2.75) is 46.0 Å². The average molecular weight is 791 g/mol. The number of nitrogens with zero attached hydrogens (tertiary/aromatic N) is 10. The van der Waals surface area contributed by atoms with E-state index in [9.17, 15) is 4.79 Å². The summed E-state index contributed by atoms with van der Waals surface area (Å²) in [6.07, 6.45) is 8.42. The molecule has 0 saturated carbocycles. The first-order valence-electron chi connectivity index (χ1n) is 20.1. The summed E-state index contributed by atoms with van der Waals surface area (Å²) >= 11 is 0. The molecule has 4 N–H and O–H groups in total. The van der Waals surface area contributed by atoms with E-state index in [0.717, 1.165) is 73.1 Å². The van der Waals surface area contributed by atoms with E-state index in [1.807, 2.05) is 36.4 Å². The van der Waals surface area contributed by atoms with Crippen molar-refractivity contribution in [1.29, 1.82) is 0 Å². The number of rotatable bonds is 8. The van der Waals surface area contributed by atoms with Gasteiger partial charge in [0.15, 0.2) is 22.8 Å². The molecule has 8 aromatic rings. The summed E-state index contributed by atoms with van der Waals surface area (Å²) in [5, 5.41) is 8.80. The molecule has 6 aromatic heterocycles. The van der Waals surface area contributed by atoms with Crippen LogP contribution in [0.25, 0.3) is 57.0 Å². The number of nitrogens with two attached hydrogens (primary N) is 2. The maximum absolute atomic E-state index is 11.4. The fourth-order valence-corrected chi connectivity index (χ4v) is 7.93. The Bertz CT molecular complexity index is 2710. The Morgan fingerprint density at radius 3 is 1.56 bits per heavy atom. The molecule has 0 bridgehead atoms. The quantitative estimate of drug-likeness (QED) is 0.153. The van der Waals surface area contributed by atoms with Gasteiger partial charge < -0.3 is 34.9 Å². The van der Waals surface area contributed by atoms with E-state index in [2.05, 4.69) is 83.3 Å². The summed E-state index contributed by atoms with van der Waals surface area (Å²) in [7, 11) is 0. The van der Waals surface area contributed by atoms with E-state index in [0.29, 0.717) is 52.8 Å². The number of hydrogen-bond acceptors (Lipinski definition) is 13. The lowest BCUT2D eigenvalue weighted by Gasteiger charge is -2.33. The SMILES string of the molecule is CC(=O)CC1CCN(c2cccc(-c3cc4nc(-c5ccco5)nn4c(N)n3)c2)CC1.CC1CCN(c2cccc(-c3cc4nc(-c5ccco5)nn4c(N)n3)c2)CC1. The summed E-state index contributed by atoms with van der Waals surface area (Å²) in [5.41, 5.74) is 19.5. The van der Waals surface area contributed by atoms with Gasteiger partial charge in [0.1, 0.15) is 5.78 Å². The van der Waals surface area contributed by atoms with Crippen LogP contribution in [0.4, 0.5) is 23.3 Å². The lowest BCUT2D eigenvalue weighted by atomic mass is 9.92. The van der Waals surface area contributed by atoms with E-state index in [-0.39, 0.29) is 11.7 Å². The molecule has 59 heavy (non-hydrogen) atoms. The fraction of sp³-hybridized carbons (Fsp3) is 0.295. The Labute approximate surface area is 340 Å². The number of fused-ring (bicyclic) bond motifs is 2. The lowest BCUT2D eigenvalue weighted by Crippen LogP contribution is -2.34. The van der Waals surface area contributed by atoms with Crippen LogP contribution < -0.4 is 21.3 Å². The van der Waals surface area contributed by atoms with E-state index in [1.165, 1.54) is 27.6 Å². The van der Waals surface area contributed by atoms with E-state index in [4.69, 9.17) is 20.3 Å².